The van der Waals surface area contributed by atoms with Gasteiger partial charge in [-0.3, -0.25) is 14.5 Å². The second-order valence-electron chi connectivity index (χ2n) is 8.86. The molecular weight excluding hydrogens is 444 g/mol. The van der Waals surface area contributed by atoms with Crippen LogP contribution in [0.2, 0.25) is 0 Å². The highest BCUT2D eigenvalue weighted by molar-refractivity contribution is 6.07. The number of morpholine rings is 1. The number of carbonyl (C=O) groups is 2. The van der Waals surface area contributed by atoms with E-state index in [0.29, 0.717) is 64.6 Å². The number of rotatable bonds is 5. The lowest BCUT2D eigenvalue weighted by atomic mass is 10.0. The number of methoxy groups -OCH3 is 1. The van der Waals surface area contributed by atoms with Crippen LogP contribution in [0.5, 0.6) is 5.75 Å². The van der Waals surface area contributed by atoms with Crippen LogP contribution < -0.4 is 4.74 Å². The molecule has 8 heteroatoms. The molecule has 2 fully saturated rings. The first-order valence-corrected chi connectivity index (χ1v) is 12.0. The Kier molecular flexibility index (Phi) is 6.92. The molecule has 0 atom stereocenters. The van der Waals surface area contributed by atoms with Crippen molar-refractivity contribution in [3.05, 3.63) is 60.2 Å². The van der Waals surface area contributed by atoms with E-state index in [0.717, 1.165) is 27.9 Å². The van der Waals surface area contributed by atoms with Gasteiger partial charge in [-0.15, -0.1) is 0 Å². The Balaban J connectivity index is 1.31. The number of carbonyl (C=O) groups excluding carboxylic acids is 2. The third-order valence-electron chi connectivity index (χ3n) is 6.71. The molecule has 0 aliphatic carbocycles. The van der Waals surface area contributed by atoms with Crippen LogP contribution in [-0.4, -0.2) is 97.6 Å². The predicted molar refractivity (Wildman–Crippen MR) is 133 cm³/mol. The van der Waals surface area contributed by atoms with E-state index in [2.05, 4.69) is 4.90 Å². The van der Waals surface area contributed by atoms with Gasteiger partial charge in [0.05, 0.1) is 43.6 Å². The van der Waals surface area contributed by atoms with Gasteiger partial charge in [0, 0.05) is 50.2 Å². The van der Waals surface area contributed by atoms with Crippen LogP contribution in [0.1, 0.15) is 10.4 Å². The van der Waals surface area contributed by atoms with E-state index in [1.165, 1.54) is 0 Å². The number of nitrogens with zero attached hydrogens (tertiary/aromatic N) is 4. The first-order valence-electron chi connectivity index (χ1n) is 12.0. The molecule has 2 saturated heterocycles. The van der Waals surface area contributed by atoms with Crippen molar-refractivity contribution in [1.29, 1.82) is 0 Å². The molecule has 0 spiro atoms. The number of ether oxygens (including phenoxy) is 2. The fourth-order valence-corrected chi connectivity index (χ4v) is 4.65. The zero-order valence-electron chi connectivity index (χ0n) is 20.0. The first kappa shape index (κ1) is 23.3. The van der Waals surface area contributed by atoms with Gasteiger partial charge >= 0.3 is 0 Å². The van der Waals surface area contributed by atoms with E-state index < -0.39 is 0 Å². The third kappa shape index (κ3) is 5.13. The van der Waals surface area contributed by atoms with Crippen LogP contribution in [0.3, 0.4) is 0 Å². The van der Waals surface area contributed by atoms with E-state index in [1.54, 1.807) is 7.11 Å². The summed E-state index contributed by atoms with van der Waals surface area (Å²) in [5, 5.41) is 0.847. The standard InChI is InChI=1S/C27H30N4O4/c1-34-21-8-6-20(7-9-21)25-18-23(22-4-2-3-5-24(22)28-25)27(33)31-12-10-29(11-13-31)19-26(32)30-14-16-35-17-15-30/h2-9,18H,10-17,19H2,1H3. The highest BCUT2D eigenvalue weighted by Crippen LogP contribution is 2.27. The Hall–Kier alpha value is -3.49. The monoisotopic (exact) mass is 474 g/mol. The van der Waals surface area contributed by atoms with Gasteiger partial charge in [-0.25, -0.2) is 4.98 Å². The van der Waals surface area contributed by atoms with Crippen molar-refractivity contribution in [3.8, 4) is 17.0 Å². The Morgan fingerprint density at radius 3 is 2.34 bits per heavy atom. The molecule has 8 nitrogen and oxygen atoms in total. The predicted octanol–water partition coefficient (Wildman–Crippen LogP) is 2.53. The maximum Gasteiger partial charge on any atom is 0.254 e. The molecule has 2 amide bonds. The number of benzene rings is 2. The maximum absolute atomic E-state index is 13.6. The van der Waals surface area contributed by atoms with Crippen molar-refractivity contribution in [2.45, 2.75) is 0 Å². The van der Waals surface area contributed by atoms with Crippen molar-refractivity contribution in [2.24, 2.45) is 0 Å². The van der Waals surface area contributed by atoms with Crippen LogP contribution in [0.25, 0.3) is 22.2 Å². The second-order valence-corrected chi connectivity index (χ2v) is 8.86. The number of piperazine rings is 1. The van der Waals surface area contributed by atoms with Gasteiger partial charge in [-0.1, -0.05) is 18.2 Å². The summed E-state index contributed by atoms with van der Waals surface area (Å²) in [6, 6.07) is 17.3. The van der Waals surface area contributed by atoms with Gasteiger partial charge in [0.15, 0.2) is 0 Å². The molecule has 3 heterocycles. The van der Waals surface area contributed by atoms with Gasteiger partial charge in [-0.2, -0.15) is 0 Å². The normalized spacial score (nSPS) is 16.9. The van der Waals surface area contributed by atoms with Crippen LogP contribution in [0.15, 0.2) is 54.6 Å². The number of pyridine rings is 1. The Bertz CT molecular complexity index is 1200. The Labute approximate surface area is 205 Å². The van der Waals surface area contributed by atoms with E-state index in [4.69, 9.17) is 14.5 Å². The zero-order chi connectivity index (χ0) is 24.2. The summed E-state index contributed by atoms with van der Waals surface area (Å²) in [5.41, 5.74) is 3.12. The molecule has 0 N–H and O–H groups in total. The van der Waals surface area contributed by atoms with Crippen molar-refractivity contribution in [3.63, 3.8) is 0 Å². The summed E-state index contributed by atoms with van der Waals surface area (Å²) in [6.45, 7) is 5.44. The molecule has 2 aliphatic heterocycles. The maximum atomic E-state index is 13.6. The van der Waals surface area contributed by atoms with E-state index in [-0.39, 0.29) is 11.8 Å². The lowest BCUT2D eigenvalue weighted by Crippen LogP contribution is -2.52. The number of amides is 2. The summed E-state index contributed by atoms with van der Waals surface area (Å²) >= 11 is 0. The molecule has 5 rings (SSSR count). The summed E-state index contributed by atoms with van der Waals surface area (Å²) in [5.74, 6) is 0.908. The van der Waals surface area contributed by atoms with Crippen molar-refractivity contribution in [2.75, 3.05) is 66.1 Å². The smallest absolute Gasteiger partial charge is 0.254 e. The molecule has 0 saturated carbocycles. The molecule has 0 radical (unpaired) electrons. The van der Waals surface area contributed by atoms with Crippen molar-refractivity contribution >= 4 is 22.7 Å². The van der Waals surface area contributed by atoms with E-state index >= 15 is 0 Å². The fourth-order valence-electron chi connectivity index (χ4n) is 4.65. The average Bonchev–Trinajstić information content (AvgIpc) is 2.93. The highest BCUT2D eigenvalue weighted by atomic mass is 16.5. The lowest BCUT2D eigenvalue weighted by Gasteiger charge is -2.36. The summed E-state index contributed by atoms with van der Waals surface area (Å²) in [6.07, 6.45) is 0. The lowest BCUT2D eigenvalue weighted by molar-refractivity contribution is -0.136. The van der Waals surface area contributed by atoms with Crippen molar-refractivity contribution < 1.29 is 19.1 Å². The highest BCUT2D eigenvalue weighted by Gasteiger charge is 2.26. The number of aromatic nitrogens is 1. The summed E-state index contributed by atoms with van der Waals surface area (Å²) < 4.78 is 10.6. The molecule has 3 aromatic rings. The Morgan fingerprint density at radius 2 is 1.63 bits per heavy atom. The SMILES string of the molecule is COc1ccc(-c2cc(C(=O)N3CCN(CC(=O)N4CCOCC4)CC3)c3ccccc3n2)cc1. The summed E-state index contributed by atoms with van der Waals surface area (Å²) in [4.78, 5) is 36.9. The molecule has 0 unspecified atom stereocenters. The molecule has 2 aliphatic rings. The van der Waals surface area contributed by atoms with E-state index in [1.807, 2.05) is 64.4 Å². The fraction of sp³-hybridized carbons (Fsp3) is 0.370. The zero-order valence-corrected chi connectivity index (χ0v) is 20.0. The minimum absolute atomic E-state index is 0.00230. The average molecular weight is 475 g/mol. The van der Waals surface area contributed by atoms with Crippen LogP contribution in [0.4, 0.5) is 0 Å². The topological polar surface area (TPSA) is 75.2 Å². The quantitative estimate of drug-likeness (QED) is 0.566. The molecule has 35 heavy (non-hydrogen) atoms. The van der Waals surface area contributed by atoms with Crippen LogP contribution >= 0.6 is 0 Å². The minimum atomic E-state index is -0.00230. The van der Waals surface area contributed by atoms with Gasteiger partial charge in [0.2, 0.25) is 5.91 Å². The third-order valence-corrected chi connectivity index (χ3v) is 6.71. The summed E-state index contributed by atoms with van der Waals surface area (Å²) in [7, 11) is 1.64. The second kappa shape index (κ2) is 10.4. The minimum Gasteiger partial charge on any atom is -0.497 e. The number of para-hydroxylation sites is 1. The molecular formula is C27H30N4O4. The number of hydrogen-bond donors (Lipinski definition) is 0. The van der Waals surface area contributed by atoms with Gasteiger partial charge in [0.25, 0.3) is 5.91 Å². The number of fused-ring (bicyclic) bond motifs is 1. The van der Waals surface area contributed by atoms with Crippen molar-refractivity contribution in [1.82, 2.24) is 19.7 Å². The molecule has 182 valence electrons. The van der Waals surface area contributed by atoms with Crippen LogP contribution in [-0.2, 0) is 9.53 Å². The molecule has 2 aromatic carbocycles. The molecule has 1 aromatic heterocycles. The van der Waals surface area contributed by atoms with Gasteiger partial charge < -0.3 is 19.3 Å². The van der Waals surface area contributed by atoms with E-state index in [9.17, 15) is 9.59 Å². The first-order chi connectivity index (χ1) is 17.1. The molecule has 0 bridgehead atoms. The van der Waals surface area contributed by atoms with Crippen LogP contribution in [0, 0.1) is 0 Å². The van der Waals surface area contributed by atoms with Gasteiger partial charge in [-0.05, 0) is 36.4 Å². The Morgan fingerprint density at radius 1 is 0.914 bits per heavy atom. The van der Waals surface area contributed by atoms with Gasteiger partial charge in [0.1, 0.15) is 5.75 Å². The number of hydrogen-bond acceptors (Lipinski definition) is 6. The largest absolute Gasteiger partial charge is 0.497 e.